The number of hydrogen-bond donors (Lipinski definition) is 1. The number of methoxy groups -OCH3 is 1. The molecule has 3 rings (SSSR count). The van der Waals surface area contributed by atoms with Crippen LogP contribution in [0.2, 0.25) is 5.02 Å². The first-order valence-electron chi connectivity index (χ1n) is 13.2. The maximum Gasteiger partial charge on any atom is 0.244 e. The Hall–Kier alpha value is -3.56. The van der Waals surface area contributed by atoms with E-state index in [1.165, 1.54) is 11.0 Å². The number of hydrogen-bond acceptors (Lipinski definition) is 5. The van der Waals surface area contributed by atoms with E-state index in [2.05, 4.69) is 5.32 Å². The molecule has 2 amide bonds. The van der Waals surface area contributed by atoms with Gasteiger partial charge >= 0.3 is 0 Å². The second kappa shape index (κ2) is 13.4. The van der Waals surface area contributed by atoms with E-state index in [1.807, 2.05) is 57.2 Å². The first-order valence-corrected chi connectivity index (χ1v) is 15.4. The van der Waals surface area contributed by atoms with Gasteiger partial charge in [-0.1, -0.05) is 60.1 Å². The molecule has 3 aromatic carbocycles. The standard InChI is InChI=1S/C31H38ClN3O5S/c1-22-15-16-25(32)19-27(22)35(41(6,38)39)21-29(36)34(20-24-13-10-14-26(17-24)40-5)28(30(37)33-31(2,3)4)18-23-11-8-7-9-12-23/h7-17,19,28H,18,20-21H2,1-6H3,(H,33,37). The topological polar surface area (TPSA) is 96.0 Å². The number of carbonyl (C=O) groups is 2. The molecular formula is C31H38ClN3O5S. The van der Waals surface area contributed by atoms with Crippen molar-refractivity contribution in [3.8, 4) is 5.75 Å². The van der Waals surface area contributed by atoms with Crippen LogP contribution in [0.1, 0.15) is 37.5 Å². The van der Waals surface area contributed by atoms with Crippen LogP contribution in [0.4, 0.5) is 5.69 Å². The Bertz CT molecular complexity index is 1470. The van der Waals surface area contributed by atoms with E-state index in [0.717, 1.165) is 21.7 Å². The van der Waals surface area contributed by atoms with Gasteiger partial charge in [0, 0.05) is 23.5 Å². The molecule has 41 heavy (non-hydrogen) atoms. The minimum atomic E-state index is -3.90. The Balaban J connectivity index is 2.11. The molecule has 1 atom stereocenters. The fourth-order valence-corrected chi connectivity index (χ4v) is 5.49. The van der Waals surface area contributed by atoms with E-state index in [0.29, 0.717) is 22.0 Å². The molecule has 0 aromatic heterocycles. The summed E-state index contributed by atoms with van der Waals surface area (Å²) >= 11 is 6.21. The quantitative estimate of drug-likeness (QED) is 0.335. The van der Waals surface area contributed by atoms with E-state index in [1.54, 1.807) is 44.4 Å². The summed E-state index contributed by atoms with van der Waals surface area (Å²) in [5.74, 6) is -0.286. The van der Waals surface area contributed by atoms with Crippen molar-refractivity contribution < 1.29 is 22.7 Å². The third kappa shape index (κ3) is 9.23. The number of nitrogens with zero attached hydrogens (tertiary/aromatic N) is 2. The molecule has 0 aliphatic heterocycles. The van der Waals surface area contributed by atoms with Crippen molar-refractivity contribution in [2.75, 3.05) is 24.2 Å². The predicted octanol–water partition coefficient (Wildman–Crippen LogP) is 4.98. The van der Waals surface area contributed by atoms with E-state index >= 15 is 0 Å². The number of carbonyl (C=O) groups excluding carboxylic acids is 2. The average Bonchev–Trinajstić information content (AvgIpc) is 2.89. The molecule has 0 saturated carbocycles. The third-order valence-corrected chi connectivity index (χ3v) is 7.74. The molecule has 1 unspecified atom stereocenters. The second-order valence-electron chi connectivity index (χ2n) is 11.0. The largest absolute Gasteiger partial charge is 0.497 e. The first kappa shape index (κ1) is 32.0. The van der Waals surface area contributed by atoms with Crippen LogP contribution < -0.4 is 14.4 Å². The summed E-state index contributed by atoms with van der Waals surface area (Å²) < 4.78 is 32.4. The highest BCUT2D eigenvalue weighted by Gasteiger charge is 2.34. The molecule has 220 valence electrons. The Morgan fingerprint density at radius 3 is 2.24 bits per heavy atom. The summed E-state index contributed by atoms with van der Waals surface area (Å²) in [5, 5.41) is 3.35. The molecule has 0 saturated heterocycles. The molecule has 10 heteroatoms. The molecule has 0 heterocycles. The molecular weight excluding hydrogens is 562 g/mol. The Morgan fingerprint density at radius 1 is 0.976 bits per heavy atom. The molecule has 8 nitrogen and oxygen atoms in total. The van der Waals surface area contributed by atoms with Gasteiger partial charge in [-0.3, -0.25) is 13.9 Å². The van der Waals surface area contributed by atoms with Gasteiger partial charge in [-0.25, -0.2) is 8.42 Å². The number of halogens is 1. The number of benzene rings is 3. The molecule has 0 fully saturated rings. The van der Waals surface area contributed by atoms with E-state index in [9.17, 15) is 18.0 Å². The van der Waals surface area contributed by atoms with Crippen molar-refractivity contribution in [2.45, 2.75) is 52.2 Å². The maximum absolute atomic E-state index is 14.2. The van der Waals surface area contributed by atoms with Crippen LogP contribution in [-0.2, 0) is 32.6 Å². The number of anilines is 1. The van der Waals surface area contributed by atoms with Crippen LogP contribution in [0.5, 0.6) is 5.75 Å². The highest BCUT2D eigenvalue weighted by molar-refractivity contribution is 7.92. The van der Waals surface area contributed by atoms with Gasteiger partial charge in [0.05, 0.1) is 19.1 Å². The molecule has 0 bridgehead atoms. The lowest BCUT2D eigenvalue weighted by atomic mass is 10.0. The number of amides is 2. The fraction of sp³-hybridized carbons (Fsp3) is 0.355. The first-order chi connectivity index (χ1) is 19.2. The van der Waals surface area contributed by atoms with Crippen molar-refractivity contribution in [3.05, 3.63) is 94.5 Å². The highest BCUT2D eigenvalue weighted by Crippen LogP contribution is 2.27. The lowest BCUT2D eigenvalue weighted by Gasteiger charge is -2.35. The number of aryl methyl sites for hydroxylation is 1. The van der Waals surface area contributed by atoms with Gasteiger partial charge in [0.1, 0.15) is 18.3 Å². The summed E-state index contributed by atoms with van der Waals surface area (Å²) in [6, 6.07) is 20.6. The zero-order chi connectivity index (χ0) is 30.4. The monoisotopic (exact) mass is 599 g/mol. The minimum Gasteiger partial charge on any atom is -0.497 e. The molecule has 0 aliphatic carbocycles. The van der Waals surface area contributed by atoms with Gasteiger partial charge in [0.15, 0.2) is 0 Å². The Morgan fingerprint density at radius 2 is 1.63 bits per heavy atom. The summed E-state index contributed by atoms with van der Waals surface area (Å²) in [7, 11) is -2.35. The minimum absolute atomic E-state index is 0.0528. The molecule has 0 aliphatic rings. The summed E-state index contributed by atoms with van der Waals surface area (Å²) in [4.78, 5) is 29.4. The summed E-state index contributed by atoms with van der Waals surface area (Å²) in [6.07, 6.45) is 1.27. The van der Waals surface area contributed by atoms with Crippen molar-refractivity contribution in [1.82, 2.24) is 10.2 Å². The molecule has 3 aromatic rings. The van der Waals surface area contributed by atoms with Gasteiger partial charge < -0.3 is 15.0 Å². The van der Waals surface area contributed by atoms with Crippen molar-refractivity contribution in [3.63, 3.8) is 0 Å². The van der Waals surface area contributed by atoms with Crippen LogP contribution in [0.25, 0.3) is 0 Å². The summed E-state index contributed by atoms with van der Waals surface area (Å²) in [6.45, 7) is 6.89. The van der Waals surface area contributed by atoms with Crippen molar-refractivity contribution >= 4 is 39.1 Å². The average molecular weight is 600 g/mol. The summed E-state index contributed by atoms with van der Waals surface area (Å²) in [5.41, 5.74) is 1.96. The second-order valence-corrected chi connectivity index (χ2v) is 13.4. The van der Waals surface area contributed by atoms with E-state index < -0.39 is 34.1 Å². The molecule has 0 radical (unpaired) electrons. The Kier molecular flexibility index (Phi) is 10.4. The highest BCUT2D eigenvalue weighted by atomic mass is 35.5. The van der Waals surface area contributed by atoms with Gasteiger partial charge in [0.25, 0.3) is 0 Å². The van der Waals surface area contributed by atoms with Gasteiger partial charge in [-0.15, -0.1) is 0 Å². The maximum atomic E-state index is 14.2. The van der Waals surface area contributed by atoms with E-state index in [4.69, 9.17) is 16.3 Å². The molecule has 0 spiro atoms. The zero-order valence-electron chi connectivity index (χ0n) is 24.3. The van der Waals surface area contributed by atoms with Crippen LogP contribution in [0, 0.1) is 6.92 Å². The number of ether oxygens (including phenoxy) is 1. The normalized spacial score (nSPS) is 12.4. The lowest BCUT2D eigenvalue weighted by molar-refractivity contribution is -0.140. The van der Waals surface area contributed by atoms with E-state index in [-0.39, 0.29) is 18.9 Å². The van der Waals surface area contributed by atoms with Crippen LogP contribution in [-0.4, -0.2) is 56.6 Å². The Labute approximate surface area is 248 Å². The van der Waals surface area contributed by atoms with Crippen LogP contribution >= 0.6 is 11.6 Å². The van der Waals surface area contributed by atoms with Gasteiger partial charge in [-0.2, -0.15) is 0 Å². The zero-order valence-corrected chi connectivity index (χ0v) is 25.9. The lowest BCUT2D eigenvalue weighted by Crippen LogP contribution is -2.56. The fourth-order valence-electron chi connectivity index (χ4n) is 4.42. The van der Waals surface area contributed by atoms with Crippen LogP contribution in [0.3, 0.4) is 0 Å². The van der Waals surface area contributed by atoms with Gasteiger partial charge in [0.2, 0.25) is 21.8 Å². The van der Waals surface area contributed by atoms with Gasteiger partial charge in [-0.05, 0) is 68.7 Å². The molecule has 1 N–H and O–H groups in total. The smallest absolute Gasteiger partial charge is 0.244 e. The van der Waals surface area contributed by atoms with Crippen LogP contribution in [0.15, 0.2) is 72.8 Å². The predicted molar refractivity (Wildman–Crippen MR) is 164 cm³/mol. The number of sulfonamides is 1. The third-order valence-electron chi connectivity index (χ3n) is 6.38. The van der Waals surface area contributed by atoms with Crippen molar-refractivity contribution in [1.29, 1.82) is 0 Å². The SMILES string of the molecule is COc1cccc(CN(C(=O)CN(c2cc(Cl)ccc2C)S(C)(=O)=O)C(Cc2ccccc2)C(=O)NC(C)(C)C)c1. The van der Waals surface area contributed by atoms with Crippen molar-refractivity contribution in [2.24, 2.45) is 0 Å². The number of nitrogens with one attached hydrogen (secondary N) is 1. The number of rotatable bonds is 11.